The monoisotopic (exact) mass is 381 g/mol. The Labute approximate surface area is 138 Å². The first kappa shape index (κ1) is 16.8. The fourth-order valence-electron chi connectivity index (χ4n) is 2.03. The normalized spacial score (nSPS) is 18.1. The summed E-state index contributed by atoms with van der Waals surface area (Å²) in [4.78, 5) is 12.3. The maximum absolute atomic E-state index is 12.4. The van der Waals surface area contributed by atoms with Crippen molar-refractivity contribution in [1.82, 2.24) is 0 Å². The van der Waals surface area contributed by atoms with Gasteiger partial charge >= 0.3 is 0 Å². The largest absolute Gasteiger partial charge is 0.288 e. The van der Waals surface area contributed by atoms with Gasteiger partial charge in [-0.05, 0) is 52.6 Å². The van der Waals surface area contributed by atoms with Gasteiger partial charge in [0.1, 0.15) is 0 Å². The molecule has 4 nitrogen and oxygen atoms in total. The highest BCUT2D eigenvalue weighted by molar-refractivity contribution is 9.12. The quantitative estimate of drug-likeness (QED) is 0.750. The predicted molar refractivity (Wildman–Crippen MR) is 90.6 cm³/mol. The second-order valence-electron chi connectivity index (χ2n) is 5.29. The second kappa shape index (κ2) is 6.30. The van der Waals surface area contributed by atoms with Crippen LogP contribution in [0.5, 0.6) is 0 Å². The zero-order valence-electron chi connectivity index (χ0n) is 12.5. The summed E-state index contributed by atoms with van der Waals surface area (Å²) >= 11 is 3.25. The van der Waals surface area contributed by atoms with Gasteiger partial charge < -0.3 is 0 Å². The molecule has 0 saturated heterocycles. The average molecular weight is 382 g/mol. The maximum Gasteiger partial charge on any atom is 0.282 e. The number of carbonyl (C=O) groups excluding carboxylic acids is 1. The molecule has 1 aromatic rings. The summed E-state index contributed by atoms with van der Waals surface area (Å²) in [5.74, 6) is -0.138. The Morgan fingerprint density at radius 3 is 2.27 bits per heavy atom. The molecule has 0 bridgehead atoms. The SMILES string of the molecule is CC1=C(Br)C(=O)C(C(C)C)=C/C1=N/S(=O)(=O)c1ccccc1. The van der Waals surface area contributed by atoms with Crippen molar-refractivity contribution < 1.29 is 13.2 Å². The van der Waals surface area contributed by atoms with Crippen molar-refractivity contribution in [2.45, 2.75) is 25.7 Å². The Morgan fingerprint density at radius 1 is 1.14 bits per heavy atom. The number of carbonyl (C=O) groups is 1. The molecule has 1 aromatic carbocycles. The summed E-state index contributed by atoms with van der Waals surface area (Å²) in [5, 5.41) is 0. The average Bonchev–Trinajstić information content (AvgIpc) is 2.48. The molecule has 0 saturated carbocycles. The Kier molecular flexibility index (Phi) is 4.82. The van der Waals surface area contributed by atoms with E-state index in [9.17, 15) is 13.2 Å². The van der Waals surface area contributed by atoms with Crippen LogP contribution in [0.2, 0.25) is 0 Å². The van der Waals surface area contributed by atoms with Crippen LogP contribution in [0.3, 0.4) is 0 Å². The van der Waals surface area contributed by atoms with Crippen molar-refractivity contribution in [3.63, 3.8) is 0 Å². The third kappa shape index (κ3) is 3.28. The van der Waals surface area contributed by atoms with Gasteiger partial charge in [0.05, 0.1) is 15.1 Å². The number of benzene rings is 1. The highest BCUT2D eigenvalue weighted by Crippen LogP contribution is 2.29. The number of halogens is 1. The minimum atomic E-state index is -3.81. The number of rotatable bonds is 3. The molecular weight excluding hydrogens is 366 g/mol. The van der Waals surface area contributed by atoms with Crippen LogP contribution in [0.1, 0.15) is 20.8 Å². The number of allylic oxidation sites excluding steroid dienone is 4. The minimum Gasteiger partial charge on any atom is -0.288 e. The smallest absolute Gasteiger partial charge is 0.282 e. The van der Waals surface area contributed by atoms with E-state index in [2.05, 4.69) is 20.3 Å². The fourth-order valence-corrected chi connectivity index (χ4v) is 3.52. The molecule has 0 aromatic heterocycles. The van der Waals surface area contributed by atoms with Gasteiger partial charge in [0.15, 0.2) is 5.78 Å². The van der Waals surface area contributed by atoms with Crippen LogP contribution in [0, 0.1) is 5.92 Å². The minimum absolute atomic E-state index is 0.0159. The zero-order chi connectivity index (χ0) is 16.5. The molecule has 2 rings (SSSR count). The van der Waals surface area contributed by atoms with Crippen LogP contribution in [0.15, 0.2) is 61.3 Å². The predicted octanol–water partition coefficient (Wildman–Crippen LogP) is 3.65. The standard InChI is InChI=1S/C16H16BrNO3S/c1-10(2)13-9-14(11(3)15(17)16(13)19)18-22(20,21)12-7-5-4-6-8-12/h4-10H,1-3H3/b18-14-. The third-order valence-electron chi connectivity index (χ3n) is 3.35. The van der Waals surface area contributed by atoms with Crippen molar-refractivity contribution in [3.8, 4) is 0 Å². The van der Waals surface area contributed by atoms with E-state index in [-0.39, 0.29) is 16.6 Å². The highest BCUT2D eigenvalue weighted by Gasteiger charge is 2.26. The van der Waals surface area contributed by atoms with E-state index in [1.165, 1.54) is 12.1 Å². The lowest BCUT2D eigenvalue weighted by Crippen LogP contribution is -2.19. The summed E-state index contributed by atoms with van der Waals surface area (Å²) in [5.41, 5.74) is 1.35. The molecule has 116 valence electrons. The number of sulfonamides is 1. The Hall–Kier alpha value is -1.53. The van der Waals surface area contributed by atoms with Crippen LogP contribution in [0.25, 0.3) is 0 Å². The topological polar surface area (TPSA) is 63.6 Å². The first-order valence-corrected chi connectivity index (χ1v) is 9.00. The lowest BCUT2D eigenvalue weighted by molar-refractivity contribution is -0.112. The number of nitrogens with zero attached hydrogens (tertiary/aromatic N) is 1. The molecular formula is C16H16BrNO3S. The molecule has 6 heteroatoms. The van der Waals surface area contributed by atoms with E-state index in [0.29, 0.717) is 21.3 Å². The Bertz CT molecular complexity index is 803. The lowest BCUT2D eigenvalue weighted by Gasteiger charge is -2.18. The van der Waals surface area contributed by atoms with E-state index >= 15 is 0 Å². The third-order valence-corrected chi connectivity index (χ3v) is 5.61. The van der Waals surface area contributed by atoms with Gasteiger partial charge in [-0.15, -0.1) is 0 Å². The molecule has 0 spiro atoms. The van der Waals surface area contributed by atoms with E-state index in [4.69, 9.17) is 0 Å². The molecule has 0 atom stereocenters. The fraction of sp³-hybridized carbons (Fsp3) is 0.250. The van der Waals surface area contributed by atoms with Crippen LogP contribution in [-0.2, 0) is 14.8 Å². The Balaban J connectivity index is 2.57. The van der Waals surface area contributed by atoms with Crippen LogP contribution >= 0.6 is 15.9 Å². The van der Waals surface area contributed by atoms with Gasteiger partial charge in [0.2, 0.25) is 0 Å². The summed E-state index contributed by atoms with van der Waals surface area (Å²) in [7, 11) is -3.81. The van der Waals surface area contributed by atoms with Gasteiger partial charge in [-0.3, -0.25) is 4.79 Å². The van der Waals surface area contributed by atoms with Crippen molar-refractivity contribution in [3.05, 3.63) is 52.0 Å². The molecule has 22 heavy (non-hydrogen) atoms. The number of hydrogen-bond donors (Lipinski definition) is 0. The molecule has 0 amide bonds. The first-order chi connectivity index (χ1) is 10.2. The summed E-state index contributed by atoms with van der Waals surface area (Å²) in [6.07, 6.45) is 1.56. The first-order valence-electron chi connectivity index (χ1n) is 6.77. The molecule has 0 unspecified atom stereocenters. The van der Waals surface area contributed by atoms with Gasteiger partial charge in [0.25, 0.3) is 10.0 Å². The summed E-state index contributed by atoms with van der Waals surface area (Å²) in [6, 6.07) is 8.02. The summed E-state index contributed by atoms with van der Waals surface area (Å²) < 4.78 is 29.0. The summed E-state index contributed by atoms with van der Waals surface area (Å²) in [6.45, 7) is 5.44. The van der Waals surface area contributed by atoms with Crippen molar-refractivity contribution in [2.24, 2.45) is 10.3 Å². The molecule has 0 aliphatic heterocycles. The van der Waals surface area contributed by atoms with Crippen molar-refractivity contribution in [1.29, 1.82) is 0 Å². The number of Topliss-reactive ketones (excluding diaryl/α,β-unsaturated/α-hetero) is 1. The van der Waals surface area contributed by atoms with Crippen LogP contribution < -0.4 is 0 Å². The Morgan fingerprint density at radius 2 is 1.73 bits per heavy atom. The van der Waals surface area contributed by atoms with E-state index in [1.54, 1.807) is 31.2 Å². The molecule has 0 radical (unpaired) electrons. The van der Waals surface area contributed by atoms with Crippen molar-refractivity contribution >= 4 is 37.4 Å². The molecule has 0 fully saturated rings. The molecule has 0 heterocycles. The number of ketones is 1. The van der Waals surface area contributed by atoms with Crippen LogP contribution in [0.4, 0.5) is 0 Å². The molecule has 1 aliphatic carbocycles. The molecule has 0 N–H and O–H groups in total. The van der Waals surface area contributed by atoms with Gasteiger partial charge in [0, 0.05) is 5.57 Å². The lowest BCUT2D eigenvalue weighted by atomic mass is 9.90. The van der Waals surface area contributed by atoms with Crippen LogP contribution in [-0.4, -0.2) is 19.9 Å². The van der Waals surface area contributed by atoms with E-state index < -0.39 is 10.0 Å². The maximum atomic E-state index is 12.4. The molecule has 1 aliphatic rings. The highest BCUT2D eigenvalue weighted by atomic mass is 79.9. The zero-order valence-corrected chi connectivity index (χ0v) is 14.9. The number of hydrogen-bond acceptors (Lipinski definition) is 3. The second-order valence-corrected chi connectivity index (χ2v) is 7.68. The van der Waals surface area contributed by atoms with Crippen molar-refractivity contribution in [2.75, 3.05) is 0 Å². The van der Waals surface area contributed by atoms with E-state index in [0.717, 1.165) is 0 Å². The van der Waals surface area contributed by atoms with Gasteiger partial charge in [-0.1, -0.05) is 32.0 Å². The van der Waals surface area contributed by atoms with Gasteiger partial charge in [-0.2, -0.15) is 12.8 Å². The van der Waals surface area contributed by atoms with E-state index in [1.807, 2.05) is 13.8 Å². The van der Waals surface area contributed by atoms with Gasteiger partial charge in [-0.25, -0.2) is 0 Å².